The van der Waals surface area contributed by atoms with Crippen molar-refractivity contribution in [2.75, 3.05) is 25.5 Å². The zero-order valence-electron chi connectivity index (χ0n) is 13.0. The van der Waals surface area contributed by atoms with E-state index in [0.29, 0.717) is 6.04 Å². The lowest BCUT2D eigenvalue weighted by atomic mass is 10.1. The Hall–Kier alpha value is -1.06. The van der Waals surface area contributed by atoms with Crippen LogP contribution in [0.2, 0.25) is 0 Å². The highest BCUT2D eigenvalue weighted by atomic mass is 15.3. The molecular weight excluding hydrogens is 246 g/mol. The Kier molecular flexibility index (Phi) is 3.99. The van der Waals surface area contributed by atoms with Crippen molar-refractivity contribution in [2.24, 2.45) is 0 Å². The molecule has 1 saturated carbocycles. The molecule has 3 heteroatoms. The predicted molar refractivity (Wildman–Crippen MR) is 85.2 cm³/mol. The van der Waals surface area contributed by atoms with Crippen LogP contribution in [-0.2, 0) is 6.54 Å². The molecule has 0 aromatic heterocycles. The van der Waals surface area contributed by atoms with Crippen molar-refractivity contribution in [1.29, 1.82) is 0 Å². The van der Waals surface area contributed by atoms with E-state index in [1.807, 2.05) is 0 Å². The monoisotopic (exact) mass is 273 g/mol. The number of hydrogen-bond acceptors (Lipinski definition) is 3. The molecule has 0 bridgehead atoms. The van der Waals surface area contributed by atoms with Gasteiger partial charge in [-0.25, -0.2) is 0 Å². The molecule has 2 atom stereocenters. The van der Waals surface area contributed by atoms with Gasteiger partial charge in [0, 0.05) is 51.0 Å². The fourth-order valence-electron chi connectivity index (χ4n) is 3.29. The van der Waals surface area contributed by atoms with Crippen molar-refractivity contribution in [2.45, 2.75) is 50.9 Å². The number of anilines is 1. The Balaban J connectivity index is 1.49. The zero-order valence-corrected chi connectivity index (χ0v) is 13.0. The highest BCUT2D eigenvalue weighted by Gasteiger charge is 2.38. The number of rotatable bonds is 5. The largest absolute Gasteiger partial charge is 0.378 e. The molecule has 1 heterocycles. The van der Waals surface area contributed by atoms with Gasteiger partial charge in [-0.3, -0.25) is 4.90 Å². The Morgan fingerprint density at radius 2 is 1.90 bits per heavy atom. The van der Waals surface area contributed by atoms with Crippen LogP contribution in [0.5, 0.6) is 0 Å². The fourth-order valence-corrected chi connectivity index (χ4v) is 3.29. The summed E-state index contributed by atoms with van der Waals surface area (Å²) in [6.07, 6.45) is 4.14. The molecule has 110 valence electrons. The maximum Gasteiger partial charge on any atom is 0.0361 e. The first-order valence-electron chi connectivity index (χ1n) is 7.89. The first-order valence-corrected chi connectivity index (χ1v) is 7.89. The first-order chi connectivity index (χ1) is 9.63. The highest BCUT2D eigenvalue weighted by molar-refractivity contribution is 5.45. The third-order valence-corrected chi connectivity index (χ3v) is 4.69. The summed E-state index contributed by atoms with van der Waals surface area (Å²) in [7, 11) is 4.17. The fraction of sp³-hybridized carbons (Fsp3) is 0.647. The van der Waals surface area contributed by atoms with Gasteiger partial charge in [-0.1, -0.05) is 12.1 Å². The van der Waals surface area contributed by atoms with Crippen molar-refractivity contribution in [3.8, 4) is 0 Å². The molecule has 1 aliphatic carbocycles. The Morgan fingerprint density at radius 3 is 2.50 bits per heavy atom. The van der Waals surface area contributed by atoms with E-state index in [0.717, 1.165) is 18.6 Å². The van der Waals surface area contributed by atoms with E-state index in [-0.39, 0.29) is 0 Å². The molecule has 20 heavy (non-hydrogen) atoms. The van der Waals surface area contributed by atoms with Gasteiger partial charge in [-0.2, -0.15) is 0 Å². The number of nitrogens with one attached hydrogen (secondary N) is 1. The Bertz CT molecular complexity index is 436. The first kappa shape index (κ1) is 13.9. The van der Waals surface area contributed by atoms with Gasteiger partial charge >= 0.3 is 0 Å². The lowest BCUT2D eigenvalue weighted by molar-refractivity contribution is 0.255. The molecule has 3 nitrogen and oxygen atoms in total. The summed E-state index contributed by atoms with van der Waals surface area (Å²) in [5.74, 6) is 0. The molecule has 1 aromatic carbocycles. The second-order valence-corrected chi connectivity index (χ2v) is 6.65. The molecule has 2 fully saturated rings. The summed E-state index contributed by atoms with van der Waals surface area (Å²) in [5.41, 5.74) is 2.65. The predicted octanol–water partition coefficient (Wildman–Crippen LogP) is 2.47. The van der Waals surface area contributed by atoms with Gasteiger partial charge in [-0.05, 0) is 43.9 Å². The molecule has 0 amide bonds. The summed E-state index contributed by atoms with van der Waals surface area (Å²) in [4.78, 5) is 4.84. The van der Waals surface area contributed by atoms with Crippen LogP contribution in [0, 0.1) is 0 Å². The minimum atomic E-state index is 0.666. The molecule has 2 aliphatic rings. The maximum atomic E-state index is 3.73. The van der Waals surface area contributed by atoms with Crippen molar-refractivity contribution in [1.82, 2.24) is 10.2 Å². The van der Waals surface area contributed by atoms with Gasteiger partial charge in [0.05, 0.1) is 0 Å². The molecular formula is C17H27N3. The maximum absolute atomic E-state index is 3.73. The molecule has 0 spiro atoms. The van der Waals surface area contributed by atoms with Crippen LogP contribution in [0.15, 0.2) is 24.3 Å². The van der Waals surface area contributed by atoms with E-state index in [1.165, 1.54) is 37.1 Å². The topological polar surface area (TPSA) is 18.5 Å². The molecule has 1 aromatic rings. The van der Waals surface area contributed by atoms with Crippen LogP contribution < -0.4 is 10.2 Å². The van der Waals surface area contributed by atoms with Crippen LogP contribution in [0.3, 0.4) is 0 Å². The number of nitrogens with zero attached hydrogens (tertiary/aromatic N) is 2. The summed E-state index contributed by atoms with van der Waals surface area (Å²) in [6, 6.07) is 11.2. The lowest BCUT2D eigenvalue weighted by Crippen LogP contribution is -2.33. The molecule has 2 unspecified atom stereocenters. The Morgan fingerprint density at radius 1 is 1.20 bits per heavy atom. The van der Waals surface area contributed by atoms with Crippen LogP contribution in [0.25, 0.3) is 0 Å². The molecule has 1 N–H and O–H groups in total. The van der Waals surface area contributed by atoms with E-state index in [9.17, 15) is 0 Å². The summed E-state index contributed by atoms with van der Waals surface area (Å²) < 4.78 is 0. The molecule has 3 rings (SSSR count). The number of likely N-dealkylation sites (tertiary alicyclic amines) is 1. The van der Waals surface area contributed by atoms with Crippen LogP contribution >= 0.6 is 0 Å². The highest BCUT2D eigenvalue weighted by Crippen LogP contribution is 2.33. The van der Waals surface area contributed by atoms with Gasteiger partial charge in [0.1, 0.15) is 0 Å². The second kappa shape index (κ2) is 5.74. The Labute approximate surface area is 123 Å². The normalized spacial score (nSPS) is 26.9. The number of hydrogen-bond donors (Lipinski definition) is 1. The van der Waals surface area contributed by atoms with Gasteiger partial charge in [0.15, 0.2) is 0 Å². The second-order valence-electron chi connectivity index (χ2n) is 6.65. The average Bonchev–Trinajstić information content (AvgIpc) is 3.21. The van der Waals surface area contributed by atoms with Crippen molar-refractivity contribution in [3.63, 3.8) is 0 Å². The van der Waals surface area contributed by atoms with Crippen LogP contribution in [0.1, 0.15) is 31.7 Å². The van der Waals surface area contributed by atoms with Gasteiger partial charge in [0.25, 0.3) is 0 Å². The van der Waals surface area contributed by atoms with Crippen molar-refractivity contribution in [3.05, 3.63) is 29.8 Å². The lowest BCUT2D eigenvalue weighted by Gasteiger charge is -2.19. The summed E-state index contributed by atoms with van der Waals surface area (Å²) >= 11 is 0. The smallest absolute Gasteiger partial charge is 0.0361 e. The third-order valence-electron chi connectivity index (χ3n) is 4.69. The summed E-state index contributed by atoms with van der Waals surface area (Å²) in [5, 5.41) is 3.73. The van der Waals surface area contributed by atoms with Crippen LogP contribution in [-0.4, -0.2) is 43.7 Å². The van der Waals surface area contributed by atoms with E-state index in [1.54, 1.807) is 0 Å². The van der Waals surface area contributed by atoms with Gasteiger partial charge in [-0.15, -0.1) is 0 Å². The van der Waals surface area contributed by atoms with E-state index < -0.39 is 0 Å². The third kappa shape index (κ3) is 3.15. The van der Waals surface area contributed by atoms with E-state index in [4.69, 9.17) is 0 Å². The van der Waals surface area contributed by atoms with Gasteiger partial charge < -0.3 is 10.2 Å². The van der Waals surface area contributed by atoms with Crippen molar-refractivity contribution < 1.29 is 0 Å². The quantitative estimate of drug-likeness (QED) is 0.889. The van der Waals surface area contributed by atoms with Gasteiger partial charge in [0.2, 0.25) is 0 Å². The van der Waals surface area contributed by atoms with Crippen LogP contribution in [0.4, 0.5) is 5.69 Å². The standard InChI is InChI=1S/C17H27N3/c1-13-10-15(12-20(13)17-8-9-17)18-11-14-4-6-16(7-5-14)19(2)3/h4-7,13,15,17-18H,8-12H2,1-3H3. The van der Waals surface area contributed by atoms with E-state index in [2.05, 4.69) is 60.4 Å². The molecule has 1 aliphatic heterocycles. The molecule has 0 radical (unpaired) electrons. The summed E-state index contributed by atoms with van der Waals surface area (Å²) in [6.45, 7) is 4.61. The average molecular weight is 273 g/mol. The SMILES string of the molecule is CC1CC(NCc2ccc(N(C)C)cc2)CN1C1CC1. The van der Waals surface area contributed by atoms with Crippen molar-refractivity contribution >= 4 is 5.69 Å². The molecule has 1 saturated heterocycles. The zero-order chi connectivity index (χ0) is 14.1. The van der Waals surface area contributed by atoms with E-state index >= 15 is 0 Å². The minimum Gasteiger partial charge on any atom is -0.378 e. The minimum absolute atomic E-state index is 0.666. The number of benzene rings is 1.